The van der Waals surface area contributed by atoms with Gasteiger partial charge in [0.15, 0.2) is 11.0 Å². The third kappa shape index (κ3) is 5.24. The molecule has 2 N–H and O–H groups in total. The average molecular weight is 265 g/mol. The highest BCUT2D eigenvalue weighted by Gasteiger charge is 2.01. The summed E-state index contributed by atoms with van der Waals surface area (Å²) in [6.45, 7) is 0.949. The SMILES string of the molecule is CS(=O)(=O)NCCCNc1nccnc1Cl. The van der Waals surface area contributed by atoms with Crippen molar-refractivity contribution in [2.75, 3.05) is 24.7 Å². The van der Waals surface area contributed by atoms with Gasteiger partial charge >= 0.3 is 0 Å². The first-order valence-electron chi connectivity index (χ1n) is 4.64. The molecule has 1 aromatic heterocycles. The van der Waals surface area contributed by atoms with Crippen LogP contribution in [0.4, 0.5) is 5.82 Å². The lowest BCUT2D eigenvalue weighted by Crippen LogP contribution is -2.24. The molecule has 0 spiro atoms. The summed E-state index contributed by atoms with van der Waals surface area (Å²) in [5, 5.41) is 3.26. The number of anilines is 1. The van der Waals surface area contributed by atoms with Gasteiger partial charge in [-0.3, -0.25) is 0 Å². The molecule has 0 amide bonds. The molecular formula is C8H13ClN4O2S. The average Bonchev–Trinajstić information content (AvgIpc) is 2.18. The van der Waals surface area contributed by atoms with E-state index in [9.17, 15) is 8.42 Å². The molecule has 8 heteroatoms. The predicted molar refractivity (Wildman–Crippen MR) is 63.0 cm³/mol. The van der Waals surface area contributed by atoms with Crippen LogP contribution in [0.2, 0.25) is 5.15 Å². The summed E-state index contributed by atoms with van der Waals surface area (Å²) in [5.74, 6) is 0.503. The first-order valence-corrected chi connectivity index (χ1v) is 6.91. The lowest BCUT2D eigenvalue weighted by Gasteiger charge is -2.06. The number of sulfonamides is 1. The minimum absolute atomic E-state index is 0.304. The van der Waals surface area contributed by atoms with Crippen molar-refractivity contribution in [3.8, 4) is 0 Å². The first-order chi connectivity index (χ1) is 7.49. The lowest BCUT2D eigenvalue weighted by atomic mass is 10.4. The van der Waals surface area contributed by atoms with Gasteiger partial charge in [0, 0.05) is 25.5 Å². The van der Waals surface area contributed by atoms with Gasteiger partial charge in [-0.25, -0.2) is 23.1 Å². The lowest BCUT2D eigenvalue weighted by molar-refractivity contribution is 0.586. The zero-order chi connectivity index (χ0) is 12.0. The van der Waals surface area contributed by atoms with E-state index >= 15 is 0 Å². The third-order valence-electron chi connectivity index (χ3n) is 1.66. The smallest absolute Gasteiger partial charge is 0.208 e. The molecule has 0 aliphatic carbocycles. The van der Waals surface area contributed by atoms with E-state index in [0.29, 0.717) is 30.5 Å². The molecule has 0 atom stereocenters. The number of halogens is 1. The highest BCUT2D eigenvalue weighted by atomic mass is 35.5. The predicted octanol–water partition coefficient (Wildman–Crippen LogP) is 0.481. The second kappa shape index (κ2) is 5.97. The molecule has 0 saturated heterocycles. The van der Waals surface area contributed by atoms with Crippen LogP contribution in [0.3, 0.4) is 0 Å². The maximum Gasteiger partial charge on any atom is 0.208 e. The Balaban J connectivity index is 2.24. The largest absolute Gasteiger partial charge is 0.367 e. The minimum atomic E-state index is -3.11. The van der Waals surface area contributed by atoms with Gasteiger partial charge in [0.2, 0.25) is 10.0 Å². The van der Waals surface area contributed by atoms with E-state index in [0.717, 1.165) is 6.26 Å². The summed E-state index contributed by atoms with van der Waals surface area (Å²) in [5.41, 5.74) is 0. The molecule has 1 heterocycles. The van der Waals surface area contributed by atoms with Gasteiger partial charge < -0.3 is 5.32 Å². The number of aromatic nitrogens is 2. The van der Waals surface area contributed by atoms with E-state index in [1.165, 1.54) is 12.4 Å². The van der Waals surface area contributed by atoms with Crippen LogP contribution in [0.1, 0.15) is 6.42 Å². The maximum absolute atomic E-state index is 10.7. The fraction of sp³-hybridized carbons (Fsp3) is 0.500. The zero-order valence-corrected chi connectivity index (χ0v) is 10.3. The molecule has 6 nitrogen and oxygen atoms in total. The Bertz CT molecular complexity index is 437. The summed E-state index contributed by atoms with van der Waals surface area (Å²) in [6, 6.07) is 0. The Kier molecular flexibility index (Phi) is 4.91. The molecule has 1 aromatic rings. The summed E-state index contributed by atoms with van der Waals surface area (Å²) in [7, 11) is -3.11. The third-order valence-corrected chi connectivity index (χ3v) is 2.67. The van der Waals surface area contributed by atoms with Crippen LogP contribution in [-0.2, 0) is 10.0 Å². The summed E-state index contributed by atoms with van der Waals surface area (Å²) in [4.78, 5) is 7.83. The Hall–Kier alpha value is -0.920. The molecule has 1 rings (SSSR count). The summed E-state index contributed by atoms with van der Waals surface area (Å²) in [6.07, 6.45) is 4.79. The van der Waals surface area contributed by atoms with Crippen molar-refractivity contribution < 1.29 is 8.42 Å². The van der Waals surface area contributed by atoms with Gasteiger partial charge in [0.05, 0.1) is 6.26 Å². The van der Waals surface area contributed by atoms with Gasteiger partial charge in [0.25, 0.3) is 0 Å². The van der Waals surface area contributed by atoms with E-state index in [4.69, 9.17) is 11.6 Å². The van der Waals surface area contributed by atoms with Crippen molar-refractivity contribution in [2.45, 2.75) is 6.42 Å². The molecule has 0 aromatic carbocycles. The van der Waals surface area contributed by atoms with Crippen LogP contribution >= 0.6 is 11.6 Å². The number of hydrogen-bond acceptors (Lipinski definition) is 5. The van der Waals surface area contributed by atoms with Crippen molar-refractivity contribution in [1.29, 1.82) is 0 Å². The standard InChI is InChI=1S/C8H13ClN4O2S/c1-16(14,15)13-4-2-3-11-8-7(9)10-5-6-12-8/h5-6,13H,2-4H2,1H3,(H,11,12). The highest BCUT2D eigenvalue weighted by Crippen LogP contribution is 2.13. The van der Waals surface area contributed by atoms with E-state index in [2.05, 4.69) is 20.0 Å². The van der Waals surface area contributed by atoms with E-state index in [-0.39, 0.29) is 0 Å². The molecule has 0 aliphatic rings. The molecule has 90 valence electrons. The van der Waals surface area contributed by atoms with Gasteiger partial charge in [0.1, 0.15) is 0 Å². The summed E-state index contributed by atoms with van der Waals surface area (Å²) >= 11 is 5.76. The van der Waals surface area contributed by atoms with Crippen LogP contribution in [0.5, 0.6) is 0 Å². The van der Waals surface area contributed by atoms with E-state index < -0.39 is 10.0 Å². The Labute approximate surface area is 99.5 Å². The van der Waals surface area contributed by atoms with Crippen molar-refractivity contribution in [1.82, 2.24) is 14.7 Å². The van der Waals surface area contributed by atoms with Gasteiger partial charge in [-0.1, -0.05) is 11.6 Å². The number of nitrogens with zero attached hydrogens (tertiary/aromatic N) is 2. The van der Waals surface area contributed by atoms with Crippen LogP contribution in [0, 0.1) is 0 Å². The van der Waals surface area contributed by atoms with Crippen LogP contribution < -0.4 is 10.0 Å². The summed E-state index contributed by atoms with van der Waals surface area (Å²) < 4.78 is 23.9. The number of hydrogen-bond donors (Lipinski definition) is 2. The Morgan fingerprint density at radius 1 is 1.31 bits per heavy atom. The second-order valence-corrected chi connectivity index (χ2v) is 5.33. The number of nitrogens with one attached hydrogen (secondary N) is 2. The fourth-order valence-corrected chi connectivity index (χ4v) is 1.68. The van der Waals surface area contributed by atoms with Crippen molar-refractivity contribution in [2.24, 2.45) is 0 Å². The topological polar surface area (TPSA) is 84.0 Å². The van der Waals surface area contributed by atoms with Crippen LogP contribution in [-0.4, -0.2) is 37.7 Å². The van der Waals surface area contributed by atoms with Crippen LogP contribution in [0.15, 0.2) is 12.4 Å². The minimum Gasteiger partial charge on any atom is -0.367 e. The maximum atomic E-state index is 10.7. The first kappa shape index (κ1) is 13.1. The van der Waals surface area contributed by atoms with Crippen molar-refractivity contribution >= 4 is 27.4 Å². The number of rotatable bonds is 6. The molecule has 0 fully saturated rings. The molecule has 0 unspecified atom stereocenters. The second-order valence-electron chi connectivity index (χ2n) is 3.14. The molecule has 0 aliphatic heterocycles. The molecule has 16 heavy (non-hydrogen) atoms. The van der Waals surface area contributed by atoms with E-state index in [1.807, 2.05) is 0 Å². The quantitative estimate of drug-likeness (QED) is 0.730. The molecule has 0 saturated carbocycles. The monoisotopic (exact) mass is 264 g/mol. The van der Waals surface area contributed by atoms with Crippen molar-refractivity contribution in [3.63, 3.8) is 0 Å². The molecular weight excluding hydrogens is 252 g/mol. The van der Waals surface area contributed by atoms with Gasteiger partial charge in [-0.15, -0.1) is 0 Å². The van der Waals surface area contributed by atoms with Gasteiger partial charge in [-0.2, -0.15) is 0 Å². The molecule has 0 bridgehead atoms. The van der Waals surface area contributed by atoms with E-state index in [1.54, 1.807) is 0 Å². The zero-order valence-electron chi connectivity index (χ0n) is 8.77. The normalized spacial score (nSPS) is 11.4. The van der Waals surface area contributed by atoms with Crippen LogP contribution in [0.25, 0.3) is 0 Å². The fourth-order valence-electron chi connectivity index (χ4n) is 0.992. The Morgan fingerprint density at radius 2 is 2.00 bits per heavy atom. The van der Waals surface area contributed by atoms with Crippen molar-refractivity contribution in [3.05, 3.63) is 17.5 Å². The van der Waals surface area contributed by atoms with Gasteiger partial charge in [-0.05, 0) is 6.42 Å². The highest BCUT2D eigenvalue weighted by molar-refractivity contribution is 7.88. The Morgan fingerprint density at radius 3 is 2.62 bits per heavy atom. The molecule has 0 radical (unpaired) electrons.